The molecule has 0 bridgehead atoms. The molecule has 110 valence electrons. The van der Waals surface area contributed by atoms with Crippen molar-refractivity contribution < 1.29 is 19.4 Å². The number of aliphatic carboxylic acids is 1. The Labute approximate surface area is 114 Å². The van der Waals surface area contributed by atoms with Gasteiger partial charge < -0.3 is 20.1 Å². The Morgan fingerprint density at radius 1 is 1.26 bits per heavy atom. The van der Waals surface area contributed by atoms with Gasteiger partial charge in [-0.05, 0) is 26.7 Å². The van der Waals surface area contributed by atoms with Crippen LogP contribution >= 0.6 is 0 Å². The van der Waals surface area contributed by atoms with E-state index in [0.29, 0.717) is 25.9 Å². The molecule has 1 heterocycles. The number of carboxylic acids is 1. The molecule has 0 aliphatic carbocycles. The third-order valence-corrected chi connectivity index (χ3v) is 3.67. The zero-order valence-corrected chi connectivity index (χ0v) is 12.1. The molecule has 1 rings (SSSR count). The molecule has 1 aliphatic rings. The maximum absolute atomic E-state index is 12.2. The number of nitrogens with one attached hydrogen (secondary N) is 1. The number of ether oxygens (including phenoxy) is 1. The molecule has 1 aliphatic heterocycles. The number of hydrogen-bond donors (Lipinski definition) is 2. The fourth-order valence-electron chi connectivity index (χ4n) is 2.41. The summed E-state index contributed by atoms with van der Waals surface area (Å²) in [6, 6.07) is -0.326. The smallest absolute Gasteiger partial charge is 0.329 e. The number of hydrogen-bond acceptors (Lipinski definition) is 3. The molecule has 0 aromatic carbocycles. The van der Waals surface area contributed by atoms with E-state index >= 15 is 0 Å². The van der Waals surface area contributed by atoms with E-state index in [1.54, 1.807) is 18.7 Å². The summed E-state index contributed by atoms with van der Waals surface area (Å²) in [5.41, 5.74) is -1.18. The van der Waals surface area contributed by atoms with E-state index in [-0.39, 0.29) is 18.2 Å². The van der Waals surface area contributed by atoms with Crippen molar-refractivity contribution in [1.29, 1.82) is 0 Å². The predicted octanol–water partition coefficient (Wildman–Crippen LogP) is 1.45. The molecule has 0 radical (unpaired) electrons. The van der Waals surface area contributed by atoms with Crippen LogP contribution in [-0.2, 0) is 9.53 Å². The van der Waals surface area contributed by atoms with Gasteiger partial charge in [-0.25, -0.2) is 9.59 Å². The Balaban J connectivity index is 2.74. The quantitative estimate of drug-likeness (QED) is 0.812. The van der Waals surface area contributed by atoms with Crippen molar-refractivity contribution in [3.8, 4) is 0 Å². The minimum absolute atomic E-state index is 0.0306. The normalized spacial score (nSPS) is 24.1. The predicted molar refractivity (Wildman–Crippen MR) is 71.1 cm³/mol. The number of urea groups is 1. The van der Waals surface area contributed by atoms with Gasteiger partial charge in [-0.2, -0.15) is 0 Å². The minimum Gasteiger partial charge on any atom is -0.480 e. The molecular weight excluding hydrogens is 248 g/mol. The van der Waals surface area contributed by atoms with Gasteiger partial charge in [-0.3, -0.25) is 0 Å². The molecule has 0 spiro atoms. The molecule has 6 heteroatoms. The van der Waals surface area contributed by atoms with Crippen LogP contribution in [0.3, 0.4) is 0 Å². The van der Waals surface area contributed by atoms with Gasteiger partial charge in [0, 0.05) is 13.1 Å². The van der Waals surface area contributed by atoms with E-state index in [4.69, 9.17) is 4.74 Å². The van der Waals surface area contributed by atoms with Crippen molar-refractivity contribution in [3.05, 3.63) is 0 Å². The second-order valence-corrected chi connectivity index (χ2v) is 5.19. The van der Waals surface area contributed by atoms with Crippen LogP contribution in [0.2, 0.25) is 0 Å². The first-order valence-corrected chi connectivity index (χ1v) is 6.80. The molecule has 19 heavy (non-hydrogen) atoms. The Morgan fingerprint density at radius 2 is 1.74 bits per heavy atom. The monoisotopic (exact) mass is 272 g/mol. The summed E-state index contributed by atoms with van der Waals surface area (Å²) in [6.07, 6.45) is 0.661. The summed E-state index contributed by atoms with van der Waals surface area (Å²) in [5.74, 6) is -0.986. The summed E-state index contributed by atoms with van der Waals surface area (Å²) in [5, 5.41) is 12.0. The van der Waals surface area contributed by atoms with Gasteiger partial charge in [-0.1, -0.05) is 13.8 Å². The van der Waals surface area contributed by atoms with Crippen LogP contribution in [-0.4, -0.2) is 52.8 Å². The fourth-order valence-corrected chi connectivity index (χ4v) is 2.41. The SMILES string of the molecule is CCC(CC)(NC(=O)N1CC(C)OC(C)C1)C(=O)O. The summed E-state index contributed by atoms with van der Waals surface area (Å²) >= 11 is 0. The van der Waals surface area contributed by atoms with Crippen LogP contribution in [0.15, 0.2) is 0 Å². The fraction of sp³-hybridized carbons (Fsp3) is 0.846. The van der Waals surface area contributed by atoms with E-state index in [2.05, 4.69) is 5.32 Å². The Morgan fingerprint density at radius 3 is 2.11 bits per heavy atom. The number of amides is 2. The first-order valence-electron chi connectivity index (χ1n) is 6.80. The Kier molecular flexibility index (Phi) is 5.17. The zero-order valence-electron chi connectivity index (χ0n) is 12.1. The maximum atomic E-state index is 12.2. The minimum atomic E-state index is -1.18. The molecule has 6 nitrogen and oxygen atoms in total. The lowest BCUT2D eigenvalue weighted by molar-refractivity contribution is -0.145. The second-order valence-electron chi connectivity index (χ2n) is 5.19. The number of carbonyl (C=O) groups is 2. The first-order chi connectivity index (χ1) is 8.84. The summed E-state index contributed by atoms with van der Waals surface area (Å²) < 4.78 is 5.56. The van der Waals surface area contributed by atoms with Gasteiger partial charge in [0.05, 0.1) is 12.2 Å². The largest absolute Gasteiger partial charge is 0.480 e. The van der Waals surface area contributed by atoms with E-state index in [0.717, 1.165) is 0 Å². The van der Waals surface area contributed by atoms with Gasteiger partial charge >= 0.3 is 12.0 Å². The van der Waals surface area contributed by atoms with E-state index in [9.17, 15) is 14.7 Å². The van der Waals surface area contributed by atoms with Crippen LogP contribution in [0.4, 0.5) is 4.79 Å². The van der Waals surface area contributed by atoms with Crippen LogP contribution in [0.5, 0.6) is 0 Å². The Hall–Kier alpha value is -1.30. The van der Waals surface area contributed by atoms with Gasteiger partial charge in [0.2, 0.25) is 0 Å². The van der Waals surface area contributed by atoms with Crippen molar-refractivity contribution in [2.75, 3.05) is 13.1 Å². The third-order valence-electron chi connectivity index (χ3n) is 3.67. The van der Waals surface area contributed by atoms with E-state index in [1.165, 1.54) is 0 Å². The molecule has 2 unspecified atom stereocenters. The van der Waals surface area contributed by atoms with Crippen molar-refractivity contribution in [1.82, 2.24) is 10.2 Å². The second kappa shape index (κ2) is 6.23. The van der Waals surface area contributed by atoms with Gasteiger partial charge in [0.15, 0.2) is 0 Å². The maximum Gasteiger partial charge on any atom is 0.329 e. The average molecular weight is 272 g/mol. The highest BCUT2D eigenvalue weighted by molar-refractivity contribution is 5.86. The van der Waals surface area contributed by atoms with E-state index in [1.807, 2.05) is 13.8 Å². The lowest BCUT2D eigenvalue weighted by atomic mass is 9.93. The lowest BCUT2D eigenvalue weighted by Gasteiger charge is -2.38. The zero-order chi connectivity index (χ0) is 14.6. The average Bonchev–Trinajstić information content (AvgIpc) is 2.34. The molecule has 0 aromatic rings. The molecular formula is C13H24N2O4. The molecule has 1 saturated heterocycles. The number of carbonyl (C=O) groups excluding carboxylic acids is 1. The van der Waals surface area contributed by atoms with Crippen LogP contribution in [0, 0.1) is 0 Å². The molecule has 2 N–H and O–H groups in total. The highest BCUT2D eigenvalue weighted by atomic mass is 16.5. The third kappa shape index (κ3) is 3.59. The van der Waals surface area contributed by atoms with Gasteiger partial charge in [0.25, 0.3) is 0 Å². The highest BCUT2D eigenvalue weighted by Gasteiger charge is 2.38. The Bertz CT molecular complexity index is 332. The summed E-state index contributed by atoms with van der Waals surface area (Å²) in [4.78, 5) is 25.2. The lowest BCUT2D eigenvalue weighted by Crippen LogP contribution is -2.60. The van der Waals surface area contributed by atoms with Crippen LogP contribution in [0.25, 0.3) is 0 Å². The van der Waals surface area contributed by atoms with E-state index < -0.39 is 11.5 Å². The molecule has 2 amide bonds. The molecule has 2 atom stereocenters. The number of nitrogens with zero attached hydrogens (tertiary/aromatic N) is 1. The van der Waals surface area contributed by atoms with Crippen molar-refractivity contribution in [2.24, 2.45) is 0 Å². The summed E-state index contributed by atoms with van der Waals surface area (Å²) in [7, 11) is 0. The topological polar surface area (TPSA) is 78.9 Å². The first kappa shape index (κ1) is 15.8. The number of rotatable bonds is 4. The summed E-state index contributed by atoms with van der Waals surface area (Å²) in [6.45, 7) is 8.31. The van der Waals surface area contributed by atoms with Crippen LogP contribution in [0.1, 0.15) is 40.5 Å². The molecule has 0 aromatic heterocycles. The van der Waals surface area contributed by atoms with Crippen molar-refractivity contribution >= 4 is 12.0 Å². The standard InChI is InChI=1S/C13H24N2O4/c1-5-13(6-2,11(16)17)14-12(18)15-7-9(3)19-10(4)8-15/h9-10H,5-8H2,1-4H3,(H,14,18)(H,16,17). The van der Waals surface area contributed by atoms with Crippen molar-refractivity contribution in [2.45, 2.75) is 58.3 Å². The van der Waals surface area contributed by atoms with Crippen molar-refractivity contribution in [3.63, 3.8) is 0 Å². The number of morpholine rings is 1. The molecule has 1 fully saturated rings. The number of carboxylic acid groups (broad SMARTS) is 1. The van der Waals surface area contributed by atoms with Gasteiger partial charge in [0.1, 0.15) is 5.54 Å². The highest BCUT2D eigenvalue weighted by Crippen LogP contribution is 2.17. The van der Waals surface area contributed by atoms with Crippen LogP contribution < -0.4 is 5.32 Å². The molecule has 0 saturated carbocycles. The van der Waals surface area contributed by atoms with Gasteiger partial charge in [-0.15, -0.1) is 0 Å².